The van der Waals surface area contributed by atoms with Crippen molar-refractivity contribution in [2.24, 2.45) is 0 Å². The second kappa shape index (κ2) is 5.94. The van der Waals surface area contributed by atoms with Gasteiger partial charge in [0.1, 0.15) is 11.6 Å². The summed E-state index contributed by atoms with van der Waals surface area (Å²) in [4.78, 5) is 14.4. The first-order chi connectivity index (χ1) is 8.85. The molecular formula is C14H20BrNO2S. The molecule has 0 saturated carbocycles. The van der Waals surface area contributed by atoms with E-state index in [4.69, 9.17) is 4.74 Å². The lowest BCUT2D eigenvalue weighted by atomic mass is 10.1. The number of carbonyl (C=O) groups is 1. The molecule has 1 aliphatic rings. The van der Waals surface area contributed by atoms with Crippen LogP contribution in [-0.4, -0.2) is 29.1 Å². The molecule has 0 bridgehead atoms. The van der Waals surface area contributed by atoms with Gasteiger partial charge in [-0.2, -0.15) is 0 Å². The molecule has 19 heavy (non-hydrogen) atoms. The number of esters is 1. The molecule has 1 fully saturated rings. The van der Waals surface area contributed by atoms with E-state index in [-0.39, 0.29) is 12.0 Å². The molecule has 2 heterocycles. The maximum Gasteiger partial charge on any atom is 0.323 e. The minimum atomic E-state index is -0.406. The molecule has 106 valence electrons. The fourth-order valence-electron chi connectivity index (χ4n) is 2.32. The summed E-state index contributed by atoms with van der Waals surface area (Å²) in [6.07, 6.45) is 1.97. The molecule has 1 aromatic rings. The van der Waals surface area contributed by atoms with Crippen molar-refractivity contribution in [3.63, 3.8) is 0 Å². The van der Waals surface area contributed by atoms with Gasteiger partial charge in [-0.05, 0) is 73.1 Å². The number of hydrogen-bond acceptors (Lipinski definition) is 4. The van der Waals surface area contributed by atoms with Crippen molar-refractivity contribution in [2.75, 3.05) is 6.54 Å². The topological polar surface area (TPSA) is 29.5 Å². The van der Waals surface area contributed by atoms with E-state index in [0.717, 1.165) is 29.7 Å². The van der Waals surface area contributed by atoms with Gasteiger partial charge in [-0.25, -0.2) is 0 Å². The fourth-order valence-corrected chi connectivity index (χ4v) is 3.52. The standard InChI is InChI=1S/C14H20BrNO2S/c1-14(2,3)18-13(17)11-5-4-6-16(11)8-10-7-12(15)19-9-10/h7,9,11H,4-6,8H2,1-3H3/t11-/m1/s1. The molecule has 1 aromatic heterocycles. The van der Waals surface area contributed by atoms with E-state index in [1.54, 1.807) is 11.3 Å². The smallest absolute Gasteiger partial charge is 0.323 e. The number of thiophene rings is 1. The second-order valence-electron chi connectivity index (χ2n) is 5.92. The van der Waals surface area contributed by atoms with Gasteiger partial charge >= 0.3 is 5.97 Å². The Morgan fingerprint density at radius 1 is 1.58 bits per heavy atom. The van der Waals surface area contributed by atoms with Crippen LogP contribution in [0.5, 0.6) is 0 Å². The van der Waals surface area contributed by atoms with E-state index in [1.807, 2.05) is 20.8 Å². The summed E-state index contributed by atoms with van der Waals surface area (Å²) in [5, 5.41) is 2.13. The van der Waals surface area contributed by atoms with Crippen LogP contribution < -0.4 is 0 Å². The highest BCUT2D eigenvalue weighted by molar-refractivity contribution is 9.11. The maximum absolute atomic E-state index is 12.2. The molecule has 0 aromatic carbocycles. The van der Waals surface area contributed by atoms with Crippen LogP contribution in [0.25, 0.3) is 0 Å². The number of likely N-dealkylation sites (tertiary alicyclic amines) is 1. The van der Waals surface area contributed by atoms with Crippen molar-refractivity contribution in [3.05, 3.63) is 20.8 Å². The number of halogens is 1. The number of hydrogen-bond donors (Lipinski definition) is 0. The molecule has 3 nitrogen and oxygen atoms in total. The SMILES string of the molecule is CC(C)(C)OC(=O)[C@H]1CCCN1Cc1csc(Br)c1. The first kappa shape index (κ1) is 15.0. The van der Waals surface area contributed by atoms with Crippen LogP contribution in [0.15, 0.2) is 15.2 Å². The second-order valence-corrected chi connectivity index (χ2v) is 8.21. The van der Waals surface area contributed by atoms with E-state index in [1.165, 1.54) is 5.56 Å². The maximum atomic E-state index is 12.2. The molecule has 0 unspecified atom stereocenters. The first-order valence-electron chi connectivity index (χ1n) is 6.55. The highest BCUT2D eigenvalue weighted by atomic mass is 79.9. The van der Waals surface area contributed by atoms with E-state index in [0.29, 0.717) is 0 Å². The van der Waals surface area contributed by atoms with E-state index < -0.39 is 5.60 Å². The molecular weight excluding hydrogens is 326 g/mol. The van der Waals surface area contributed by atoms with Gasteiger partial charge in [-0.3, -0.25) is 9.69 Å². The Labute approximate surface area is 127 Å². The number of nitrogens with zero attached hydrogens (tertiary/aromatic N) is 1. The highest BCUT2D eigenvalue weighted by Crippen LogP contribution is 2.26. The Kier molecular flexibility index (Phi) is 4.69. The zero-order chi connectivity index (χ0) is 14.0. The van der Waals surface area contributed by atoms with Gasteiger partial charge in [0.15, 0.2) is 0 Å². The molecule has 0 aliphatic carbocycles. The number of ether oxygens (including phenoxy) is 1. The van der Waals surface area contributed by atoms with E-state index >= 15 is 0 Å². The monoisotopic (exact) mass is 345 g/mol. The Morgan fingerprint density at radius 3 is 2.89 bits per heavy atom. The van der Waals surface area contributed by atoms with Crippen LogP contribution in [0.2, 0.25) is 0 Å². The third-order valence-corrected chi connectivity index (χ3v) is 4.60. The summed E-state index contributed by atoms with van der Waals surface area (Å²) in [6.45, 7) is 7.55. The molecule has 0 amide bonds. The zero-order valence-electron chi connectivity index (χ0n) is 11.6. The third kappa shape index (κ3) is 4.29. The van der Waals surface area contributed by atoms with Crippen LogP contribution in [0.3, 0.4) is 0 Å². The molecule has 1 atom stereocenters. The van der Waals surface area contributed by atoms with Crippen LogP contribution >= 0.6 is 27.3 Å². The van der Waals surface area contributed by atoms with Gasteiger partial charge in [-0.1, -0.05) is 0 Å². The lowest BCUT2D eigenvalue weighted by Crippen LogP contribution is -2.40. The molecule has 1 saturated heterocycles. The predicted molar refractivity (Wildman–Crippen MR) is 81.3 cm³/mol. The van der Waals surface area contributed by atoms with Crippen molar-refractivity contribution >= 4 is 33.2 Å². The largest absolute Gasteiger partial charge is 0.459 e. The van der Waals surface area contributed by atoms with Gasteiger partial charge in [0.05, 0.1) is 3.79 Å². The Bertz CT molecular complexity index is 453. The van der Waals surface area contributed by atoms with E-state index in [9.17, 15) is 4.79 Å². The quantitative estimate of drug-likeness (QED) is 0.780. The minimum absolute atomic E-state index is 0.0840. The highest BCUT2D eigenvalue weighted by Gasteiger charge is 2.33. The Hall–Kier alpha value is -0.390. The van der Waals surface area contributed by atoms with Crippen molar-refractivity contribution in [2.45, 2.75) is 51.8 Å². The van der Waals surface area contributed by atoms with E-state index in [2.05, 4.69) is 32.3 Å². The van der Waals surface area contributed by atoms with Crippen molar-refractivity contribution in [1.29, 1.82) is 0 Å². The fraction of sp³-hybridized carbons (Fsp3) is 0.643. The summed E-state index contributed by atoms with van der Waals surface area (Å²) < 4.78 is 6.64. The molecule has 2 rings (SSSR count). The van der Waals surface area contributed by atoms with Crippen molar-refractivity contribution in [3.8, 4) is 0 Å². The number of rotatable bonds is 3. The molecule has 5 heteroatoms. The third-order valence-electron chi connectivity index (χ3n) is 3.05. The lowest BCUT2D eigenvalue weighted by Gasteiger charge is -2.27. The molecule has 0 spiro atoms. The predicted octanol–water partition coefficient (Wildman–Crippen LogP) is 3.82. The summed E-state index contributed by atoms with van der Waals surface area (Å²) >= 11 is 5.15. The van der Waals surface area contributed by atoms with Crippen LogP contribution in [0.4, 0.5) is 0 Å². The molecule has 0 radical (unpaired) electrons. The summed E-state index contributed by atoms with van der Waals surface area (Å²) in [6, 6.07) is 2.03. The van der Waals surface area contributed by atoms with Crippen molar-refractivity contribution < 1.29 is 9.53 Å². The van der Waals surface area contributed by atoms with Gasteiger partial charge in [0.2, 0.25) is 0 Å². The normalized spacial score (nSPS) is 20.7. The zero-order valence-corrected chi connectivity index (χ0v) is 14.0. The summed E-state index contributed by atoms with van der Waals surface area (Å²) in [7, 11) is 0. The van der Waals surface area contributed by atoms with Gasteiger partial charge in [-0.15, -0.1) is 11.3 Å². The van der Waals surface area contributed by atoms with Crippen LogP contribution in [-0.2, 0) is 16.1 Å². The van der Waals surface area contributed by atoms with Gasteiger partial charge in [0.25, 0.3) is 0 Å². The van der Waals surface area contributed by atoms with Crippen LogP contribution in [0, 0.1) is 0 Å². The van der Waals surface area contributed by atoms with Gasteiger partial charge < -0.3 is 4.74 Å². The first-order valence-corrected chi connectivity index (χ1v) is 8.22. The molecule has 1 aliphatic heterocycles. The summed E-state index contributed by atoms with van der Waals surface area (Å²) in [5.41, 5.74) is 0.851. The summed E-state index contributed by atoms with van der Waals surface area (Å²) in [5.74, 6) is -0.0840. The lowest BCUT2D eigenvalue weighted by molar-refractivity contribution is -0.160. The average Bonchev–Trinajstić information content (AvgIpc) is 2.86. The van der Waals surface area contributed by atoms with Gasteiger partial charge in [0, 0.05) is 6.54 Å². The minimum Gasteiger partial charge on any atom is -0.459 e. The Balaban J connectivity index is 1.98. The van der Waals surface area contributed by atoms with Crippen molar-refractivity contribution in [1.82, 2.24) is 4.90 Å². The number of carbonyl (C=O) groups excluding carboxylic acids is 1. The van der Waals surface area contributed by atoms with Crippen LogP contribution in [0.1, 0.15) is 39.2 Å². The molecule has 0 N–H and O–H groups in total. The Morgan fingerprint density at radius 2 is 2.32 bits per heavy atom. The average molecular weight is 346 g/mol.